The minimum Gasteiger partial charge on any atom is -0.296 e. The number of hydrogen-bond donors (Lipinski definition) is 0. The summed E-state index contributed by atoms with van der Waals surface area (Å²) in [5, 5.41) is 0. The van der Waals surface area contributed by atoms with Crippen LogP contribution in [0.4, 0.5) is 0 Å². The monoisotopic (exact) mass is 362 g/mol. The van der Waals surface area contributed by atoms with Crippen LogP contribution in [0, 0.1) is 0 Å². The summed E-state index contributed by atoms with van der Waals surface area (Å²) in [5.74, 6) is 0.651. The molecule has 2 aliphatic heterocycles. The van der Waals surface area contributed by atoms with Gasteiger partial charge in [-0.3, -0.25) is 9.80 Å². The van der Waals surface area contributed by atoms with Crippen LogP contribution in [0.3, 0.4) is 0 Å². The quantitative estimate of drug-likeness (QED) is 0.729. The number of piperazine rings is 1. The van der Waals surface area contributed by atoms with Gasteiger partial charge in [-0.2, -0.15) is 0 Å². The molecule has 0 aromatic heterocycles. The molecule has 0 N–H and O–H groups in total. The molecule has 2 heterocycles. The molecule has 2 atom stereocenters. The number of fused-ring (bicyclic) bond motifs is 1. The predicted octanol–water partition coefficient (Wildman–Crippen LogP) is 2.37. The van der Waals surface area contributed by atoms with E-state index < -0.39 is 9.84 Å². The largest absolute Gasteiger partial charge is 0.296 e. The molecule has 4 nitrogen and oxygen atoms in total. The highest BCUT2D eigenvalue weighted by Crippen LogP contribution is 2.27. The molecule has 0 saturated carbocycles. The van der Waals surface area contributed by atoms with Gasteiger partial charge in [0.1, 0.15) is 0 Å². The Morgan fingerprint density at radius 2 is 1.72 bits per heavy atom. The molecular formula is C20H30N2O2S. The molecular weight excluding hydrogens is 332 g/mol. The van der Waals surface area contributed by atoms with Crippen molar-refractivity contribution in [3.8, 4) is 0 Å². The maximum atomic E-state index is 12.3. The van der Waals surface area contributed by atoms with Crippen LogP contribution in [0.15, 0.2) is 42.0 Å². The minimum atomic E-state index is -2.91. The van der Waals surface area contributed by atoms with Gasteiger partial charge in [-0.15, -0.1) is 0 Å². The lowest BCUT2D eigenvalue weighted by Gasteiger charge is -2.43. The van der Waals surface area contributed by atoms with E-state index in [1.54, 1.807) is 0 Å². The average molecular weight is 363 g/mol. The van der Waals surface area contributed by atoms with Crippen molar-refractivity contribution in [1.29, 1.82) is 0 Å². The molecule has 2 aliphatic rings. The highest BCUT2D eigenvalue weighted by atomic mass is 32.2. The first-order valence-corrected chi connectivity index (χ1v) is 11.1. The first-order chi connectivity index (χ1) is 11.9. The number of sulfone groups is 1. The summed E-state index contributed by atoms with van der Waals surface area (Å²) >= 11 is 0. The Bertz CT molecular complexity index is 696. The Kier molecular flexibility index (Phi) is 5.97. The van der Waals surface area contributed by atoms with Crippen molar-refractivity contribution in [1.82, 2.24) is 9.80 Å². The number of rotatable bonds is 6. The first kappa shape index (κ1) is 18.6. The molecule has 0 spiro atoms. The van der Waals surface area contributed by atoms with E-state index >= 15 is 0 Å². The third-order valence-electron chi connectivity index (χ3n) is 5.39. The molecule has 0 bridgehead atoms. The van der Waals surface area contributed by atoms with E-state index in [2.05, 4.69) is 54.0 Å². The van der Waals surface area contributed by atoms with E-state index in [1.165, 1.54) is 11.1 Å². The lowest BCUT2D eigenvalue weighted by atomic mass is 10.0. The molecule has 2 fully saturated rings. The molecule has 0 radical (unpaired) electrons. The predicted molar refractivity (Wildman–Crippen MR) is 104 cm³/mol. The zero-order valence-corrected chi connectivity index (χ0v) is 16.2. The second-order valence-electron chi connectivity index (χ2n) is 7.61. The van der Waals surface area contributed by atoms with Crippen LogP contribution in [-0.4, -0.2) is 68.0 Å². The average Bonchev–Trinajstić information content (AvgIpc) is 2.90. The molecule has 0 unspecified atom stereocenters. The Labute approximate surface area is 152 Å². The van der Waals surface area contributed by atoms with Crippen molar-refractivity contribution in [3.05, 3.63) is 47.5 Å². The fourth-order valence-electron chi connectivity index (χ4n) is 4.03. The maximum Gasteiger partial charge on any atom is 0.153 e. The van der Waals surface area contributed by atoms with Crippen molar-refractivity contribution < 1.29 is 8.42 Å². The summed E-state index contributed by atoms with van der Waals surface area (Å²) < 4.78 is 24.5. The molecule has 25 heavy (non-hydrogen) atoms. The Morgan fingerprint density at radius 3 is 2.40 bits per heavy atom. The van der Waals surface area contributed by atoms with Gasteiger partial charge in [0, 0.05) is 31.7 Å². The zero-order chi connectivity index (χ0) is 17.9. The number of nitrogens with zero attached hydrogens (tertiary/aromatic N) is 2. The normalized spacial score (nSPS) is 26.3. The van der Waals surface area contributed by atoms with Gasteiger partial charge in [0.15, 0.2) is 9.84 Å². The molecule has 1 aromatic rings. The van der Waals surface area contributed by atoms with Crippen LogP contribution in [0.2, 0.25) is 0 Å². The lowest BCUT2D eigenvalue weighted by molar-refractivity contribution is 0.0524. The Balaban J connectivity index is 1.61. The van der Waals surface area contributed by atoms with Crippen molar-refractivity contribution >= 4 is 9.84 Å². The van der Waals surface area contributed by atoms with Crippen molar-refractivity contribution in [2.24, 2.45) is 0 Å². The van der Waals surface area contributed by atoms with Crippen LogP contribution in [0.5, 0.6) is 0 Å². The van der Waals surface area contributed by atoms with Crippen LogP contribution in [-0.2, 0) is 16.3 Å². The van der Waals surface area contributed by atoms with E-state index in [0.29, 0.717) is 11.5 Å². The van der Waals surface area contributed by atoms with Gasteiger partial charge >= 0.3 is 0 Å². The third-order valence-corrected chi connectivity index (χ3v) is 7.09. The smallest absolute Gasteiger partial charge is 0.153 e. The van der Waals surface area contributed by atoms with Gasteiger partial charge in [0.05, 0.1) is 11.5 Å². The summed E-state index contributed by atoms with van der Waals surface area (Å²) in [6, 6.07) is 10.9. The van der Waals surface area contributed by atoms with Crippen LogP contribution < -0.4 is 0 Å². The van der Waals surface area contributed by atoms with Crippen molar-refractivity contribution in [3.63, 3.8) is 0 Å². The second-order valence-corrected chi connectivity index (χ2v) is 9.77. The highest BCUT2D eigenvalue weighted by Gasteiger charge is 2.45. The fraction of sp³-hybridized carbons (Fsp3) is 0.600. The molecule has 0 aliphatic carbocycles. The van der Waals surface area contributed by atoms with Gasteiger partial charge < -0.3 is 0 Å². The van der Waals surface area contributed by atoms with E-state index in [0.717, 1.165) is 39.0 Å². The standard InChI is InChI=1S/C20H30N2O2S/c1-17(2)10-12-22-14-13-21(19-15-25(23,24)16-20(19)22)11-6-9-18-7-4-3-5-8-18/h3-5,7-8,10,19-20H,6,9,11-16H2,1-2H3/t19-,20+/m0/s1. The second kappa shape index (κ2) is 8.02. The van der Waals surface area contributed by atoms with Crippen LogP contribution in [0.1, 0.15) is 25.8 Å². The maximum absolute atomic E-state index is 12.3. The van der Waals surface area contributed by atoms with E-state index in [4.69, 9.17) is 0 Å². The Hall–Kier alpha value is -1.17. The number of allylic oxidation sites excluding steroid dienone is 1. The molecule has 5 heteroatoms. The van der Waals surface area contributed by atoms with E-state index in [-0.39, 0.29) is 12.1 Å². The van der Waals surface area contributed by atoms with Gasteiger partial charge in [-0.1, -0.05) is 42.0 Å². The SMILES string of the molecule is CC(C)=CCN1CCN(CCCc2ccccc2)[C@H]2CS(=O)(=O)C[C@H]21. The van der Waals surface area contributed by atoms with Crippen LogP contribution >= 0.6 is 0 Å². The van der Waals surface area contributed by atoms with Gasteiger partial charge in [-0.25, -0.2) is 8.42 Å². The van der Waals surface area contributed by atoms with Gasteiger partial charge in [0.2, 0.25) is 0 Å². The van der Waals surface area contributed by atoms with Gasteiger partial charge in [-0.05, 0) is 38.8 Å². The minimum absolute atomic E-state index is 0.158. The van der Waals surface area contributed by atoms with Gasteiger partial charge in [0.25, 0.3) is 0 Å². The van der Waals surface area contributed by atoms with E-state index in [1.807, 2.05) is 6.07 Å². The molecule has 138 valence electrons. The molecule has 3 rings (SSSR count). The lowest BCUT2D eigenvalue weighted by Crippen LogP contribution is -2.59. The summed E-state index contributed by atoms with van der Waals surface area (Å²) in [5.41, 5.74) is 2.66. The van der Waals surface area contributed by atoms with E-state index in [9.17, 15) is 8.42 Å². The summed E-state index contributed by atoms with van der Waals surface area (Å²) in [7, 11) is -2.91. The number of aryl methyl sites for hydroxylation is 1. The highest BCUT2D eigenvalue weighted by molar-refractivity contribution is 7.91. The van der Waals surface area contributed by atoms with Crippen molar-refractivity contribution in [2.75, 3.05) is 37.7 Å². The number of benzene rings is 1. The summed E-state index contributed by atoms with van der Waals surface area (Å²) in [4.78, 5) is 4.80. The van der Waals surface area contributed by atoms with Crippen molar-refractivity contribution in [2.45, 2.75) is 38.8 Å². The molecule has 2 saturated heterocycles. The zero-order valence-electron chi connectivity index (χ0n) is 15.4. The summed E-state index contributed by atoms with van der Waals surface area (Å²) in [6.45, 7) is 8.00. The van der Waals surface area contributed by atoms with Crippen LogP contribution in [0.25, 0.3) is 0 Å². The first-order valence-electron chi connectivity index (χ1n) is 9.30. The number of hydrogen-bond acceptors (Lipinski definition) is 4. The summed E-state index contributed by atoms with van der Waals surface area (Å²) in [6.07, 6.45) is 4.36. The Morgan fingerprint density at radius 1 is 1.08 bits per heavy atom. The third kappa shape index (κ3) is 4.93. The molecule has 0 amide bonds. The molecule has 1 aromatic carbocycles. The topological polar surface area (TPSA) is 40.6 Å². The fourth-order valence-corrected chi connectivity index (χ4v) is 6.07.